The van der Waals surface area contributed by atoms with Gasteiger partial charge in [-0.05, 0) is 74.6 Å². The van der Waals surface area contributed by atoms with Crippen molar-refractivity contribution in [2.24, 2.45) is 0 Å². The Labute approximate surface area is 202 Å². The summed E-state index contributed by atoms with van der Waals surface area (Å²) in [5.74, 6) is 0.831. The Morgan fingerprint density at radius 1 is 1.06 bits per heavy atom. The van der Waals surface area contributed by atoms with E-state index in [0.29, 0.717) is 22.9 Å². The van der Waals surface area contributed by atoms with Gasteiger partial charge in [0.2, 0.25) is 5.91 Å². The molecule has 0 aliphatic heterocycles. The third-order valence-electron chi connectivity index (χ3n) is 5.65. The van der Waals surface area contributed by atoms with Crippen molar-refractivity contribution in [3.05, 3.63) is 58.1 Å². The van der Waals surface area contributed by atoms with E-state index in [4.69, 9.17) is 21.1 Å². The lowest BCUT2D eigenvalue weighted by atomic mass is 10.1. The molecule has 2 rings (SSSR count). The molecule has 0 aliphatic carbocycles. The Morgan fingerprint density at radius 3 is 2.30 bits per heavy atom. The number of nitrogens with zero attached hydrogens (tertiary/aromatic N) is 1. The summed E-state index contributed by atoms with van der Waals surface area (Å²) in [6, 6.07) is 10.5. The molecule has 0 saturated carbocycles. The molecule has 2 aromatic rings. The molecule has 0 heterocycles. The van der Waals surface area contributed by atoms with E-state index >= 15 is 0 Å². The average Bonchev–Trinajstić information content (AvgIpc) is 2.80. The predicted octanol–water partition coefficient (Wildman–Crippen LogP) is 5.07. The Morgan fingerprint density at radius 2 is 1.73 bits per heavy atom. The molecule has 1 N–H and O–H groups in total. The van der Waals surface area contributed by atoms with Crippen molar-refractivity contribution in [3.8, 4) is 11.5 Å². The number of halogens is 1. The summed E-state index contributed by atoms with van der Waals surface area (Å²) < 4.78 is 11.1. The van der Waals surface area contributed by atoms with Crippen LogP contribution >= 0.6 is 11.6 Å². The number of ether oxygens (including phenoxy) is 2. The molecule has 2 atom stereocenters. The zero-order chi connectivity index (χ0) is 24.5. The molecule has 0 fully saturated rings. The van der Waals surface area contributed by atoms with Gasteiger partial charge in [0.15, 0.2) is 6.61 Å². The first-order valence-corrected chi connectivity index (χ1v) is 11.7. The zero-order valence-corrected chi connectivity index (χ0v) is 21.2. The number of aryl methyl sites for hydroxylation is 2. The van der Waals surface area contributed by atoms with E-state index < -0.39 is 6.04 Å². The topological polar surface area (TPSA) is 67.9 Å². The molecule has 6 nitrogen and oxygen atoms in total. The van der Waals surface area contributed by atoms with Crippen LogP contribution in [0, 0.1) is 13.8 Å². The Kier molecular flexibility index (Phi) is 10.0. The smallest absolute Gasteiger partial charge is 0.261 e. The van der Waals surface area contributed by atoms with Gasteiger partial charge in [-0.15, -0.1) is 0 Å². The van der Waals surface area contributed by atoms with Crippen LogP contribution in [0.25, 0.3) is 0 Å². The van der Waals surface area contributed by atoms with E-state index in [9.17, 15) is 9.59 Å². The van der Waals surface area contributed by atoms with Crippen LogP contribution in [0.5, 0.6) is 11.5 Å². The second-order valence-electron chi connectivity index (χ2n) is 8.27. The van der Waals surface area contributed by atoms with E-state index in [0.717, 1.165) is 23.1 Å². The molecule has 2 aromatic carbocycles. The van der Waals surface area contributed by atoms with Gasteiger partial charge in [0.1, 0.15) is 17.5 Å². The lowest BCUT2D eigenvalue weighted by molar-refractivity contribution is -0.143. The standard InChI is InChI=1S/C26H35ClN2O4/c1-7-19(5)28-26(31)23(8-2)29(15-20-10-9-11-21(14-20)32-6)24(30)16-33-22-12-17(3)25(27)18(4)13-22/h9-14,19,23H,7-8,15-16H2,1-6H3,(H,28,31). The van der Waals surface area contributed by atoms with E-state index in [1.165, 1.54) is 0 Å². The fourth-order valence-electron chi connectivity index (χ4n) is 3.55. The highest BCUT2D eigenvalue weighted by Crippen LogP contribution is 2.26. The van der Waals surface area contributed by atoms with E-state index in [-0.39, 0.29) is 31.0 Å². The molecule has 33 heavy (non-hydrogen) atoms. The maximum absolute atomic E-state index is 13.3. The fourth-order valence-corrected chi connectivity index (χ4v) is 3.65. The SMILES string of the molecule is CCC(C)NC(=O)C(CC)N(Cc1cccc(OC)c1)C(=O)COc1cc(C)c(Cl)c(C)c1. The Bertz CT molecular complexity index is 940. The maximum Gasteiger partial charge on any atom is 0.261 e. The van der Waals surface area contributed by atoms with Crippen LogP contribution in [0.1, 0.15) is 50.3 Å². The van der Waals surface area contributed by atoms with Gasteiger partial charge in [-0.25, -0.2) is 0 Å². The zero-order valence-electron chi connectivity index (χ0n) is 20.4. The van der Waals surface area contributed by atoms with Gasteiger partial charge >= 0.3 is 0 Å². The van der Waals surface area contributed by atoms with Crippen molar-refractivity contribution in [1.29, 1.82) is 0 Å². The number of rotatable bonds is 11. The fraction of sp³-hybridized carbons (Fsp3) is 0.462. The van der Waals surface area contributed by atoms with Gasteiger partial charge in [0, 0.05) is 17.6 Å². The summed E-state index contributed by atoms with van der Waals surface area (Å²) in [4.78, 5) is 27.9. The highest BCUT2D eigenvalue weighted by molar-refractivity contribution is 6.32. The molecule has 0 radical (unpaired) electrons. The lowest BCUT2D eigenvalue weighted by Gasteiger charge is -2.31. The van der Waals surface area contributed by atoms with Crippen molar-refractivity contribution in [1.82, 2.24) is 10.2 Å². The maximum atomic E-state index is 13.3. The number of amides is 2. The van der Waals surface area contributed by atoms with Crippen molar-refractivity contribution in [2.75, 3.05) is 13.7 Å². The van der Waals surface area contributed by atoms with Crippen LogP contribution in [0.3, 0.4) is 0 Å². The van der Waals surface area contributed by atoms with Crippen LogP contribution < -0.4 is 14.8 Å². The summed E-state index contributed by atoms with van der Waals surface area (Å²) in [5.41, 5.74) is 2.63. The van der Waals surface area contributed by atoms with Gasteiger partial charge in [0.25, 0.3) is 5.91 Å². The second kappa shape index (κ2) is 12.5. The highest BCUT2D eigenvalue weighted by Gasteiger charge is 2.29. The first-order valence-electron chi connectivity index (χ1n) is 11.3. The van der Waals surface area contributed by atoms with Crippen LogP contribution in [0.2, 0.25) is 5.02 Å². The lowest BCUT2D eigenvalue weighted by Crippen LogP contribution is -2.51. The molecule has 7 heteroatoms. The van der Waals surface area contributed by atoms with Crippen LogP contribution in [0.4, 0.5) is 0 Å². The molecule has 0 spiro atoms. The minimum absolute atomic E-state index is 0.0246. The number of nitrogens with one attached hydrogen (secondary N) is 1. The number of hydrogen-bond donors (Lipinski definition) is 1. The van der Waals surface area contributed by atoms with Gasteiger partial charge < -0.3 is 19.7 Å². The quantitative estimate of drug-likeness (QED) is 0.494. The normalized spacial score (nSPS) is 12.6. The molecule has 0 saturated heterocycles. The molecular weight excluding hydrogens is 440 g/mol. The summed E-state index contributed by atoms with van der Waals surface area (Å²) in [5, 5.41) is 3.69. The van der Waals surface area contributed by atoms with Crippen LogP contribution in [-0.2, 0) is 16.1 Å². The van der Waals surface area contributed by atoms with E-state index in [1.807, 2.05) is 71.0 Å². The minimum atomic E-state index is -0.616. The summed E-state index contributed by atoms with van der Waals surface area (Å²) >= 11 is 6.24. The second-order valence-corrected chi connectivity index (χ2v) is 8.65. The number of carbonyl (C=O) groups is 2. The first-order chi connectivity index (χ1) is 15.7. The molecule has 180 valence electrons. The third-order valence-corrected chi connectivity index (χ3v) is 6.24. The average molecular weight is 475 g/mol. The third kappa shape index (κ3) is 7.39. The van der Waals surface area contributed by atoms with Crippen molar-refractivity contribution < 1.29 is 19.1 Å². The predicted molar refractivity (Wildman–Crippen MR) is 132 cm³/mol. The molecule has 0 bridgehead atoms. The summed E-state index contributed by atoms with van der Waals surface area (Å²) in [7, 11) is 1.60. The Hall–Kier alpha value is -2.73. The van der Waals surface area contributed by atoms with Crippen molar-refractivity contribution >= 4 is 23.4 Å². The van der Waals surface area contributed by atoms with E-state index in [2.05, 4.69) is 5.32 Å². The molecule has 0 aromatic heterocycles. The van der Waals surface area contributed by atoms with Crippen LogP contribution in [0.15, 0.2) is 36.4 Å². The monoisotopic (exact) mass is 474 g/mol. The number of hydrogen-bond acceptors (Lipinski definition) is 4. The van der Waals surface area contributed by atoms with Crippen molar-refractivity contribution in [3.63, 3.8) is 0 Å². The summed E-state index contributed by atoms with van der Waals surface area (Å²) in [6.07, 6.45) is 1.29. The minimum Gasteiger partial charge on any atom is -0.497 e. The summed E-state index contributed by atoms with van der Waals surface area (Å²) in [6.45, 7) is 9.74. The number of benzene rings is 2. The van der Waals surface area contributed by atoms with Gasteiger partial charge in [-0.3, -0.25) is 9.59 Å². The van der Waals surface area contributed by atoms with Gasteiger partial charge in [-0.2, -0.15) is 0 Å². The largest absolute Gasteiger partial charge is 0.497 e. The molecule has 2 amide bonds. The van der Waals surface area contributed by atoms with Gasteiger partial charge in [0.05, 0.1) is 7.11 Å². The van der Waals surface area contributed by atoms with Crippen LogP contribution in [-0.4, -0.2) is 42.5 Å². The van der Waals surface area contributed by atoms with E-state index in [1.54, 1.807) is 12.0 Å². The number of carbonyl (C=O) groups excluding carboxylic acids is 2. The van der Waals surface area contributed by atoms with Crippen molar-refractivity contribution in [2.45, 2.75) is 66.1 Å². The molecular formula is C26H35ClN2O4. The van der Waals surface area contributed by atoms with Gasteiger partial charge in [-0.1, -0.05) is 37.6 Å². The first kappa shape index (κ1) is 26.5. The highest BCUT2D eigenvalue weighted by atomic mass is 35.5. The molecule has 0 aliphatic rings. The Balaban J connectivity index is 2.27. The number of methoxy groups -OCH3 is 1. The molecule has 2 unspecified atom stereocenters.